The molecule has 4 nitrogen and oxygen atoms in total. The van der Waals surface area contributed by atoms with Crippen LogP contribution < -0.4 is 9.47 Å². The maximum Gasteiger partial charge on any atom is 0.123 e. The topological polar surface area (TPSA) is 41.9 Å². The van der Waals surface area contributed by atoms with E-state index in [1.807, 2.05) is 18.2 Å². The lowest BCUT2D eigenvalue weighted by Crippen LogP contribution is -2.42. The van der Waals surface area contributed by atoms with Crippen LogP contribution in [0.3, 0.4) is 0 Å². The van der Waals surface area contributed by atoms with E-state index in [1.54, 1.807) is 14.2 Å². The second kappa shape index (κ2) is 6.26. The van der Waals surface area contributed by atoms with E-state index in [9.17, 15) is 5.11 Å². The van der Waals surface area contributed by atoms with Gasteiger partial charge in [0.05, 0.1) is 20.3 Å². The lowest BCUT2D eigenvalue weighted by atomic mass is 9.95. The zero-order chi connectivity index (χ0) is 13.8. The number of hydrogen-bond donors (Lipinski definition) is 1. The molecular formula is C15H23NO3. The number of benzene rings is 1. The molecule has 19 heavy (non-hydrogen) atoms. The molecule has 2 rings (SSSR count). The van der Waals surface area contributed by atoms with Crippen molar-refractivity contribution in [2.75, 3.05) is 27.3 Å². The average Bonchev–Trinajstić information content (AvgIpc) is 2.43. The third-order valence-electron chi connectivity index (χ3n) is 3.88. The van der Waals surface area contributed by atoms with Crippen molar-refractivity contribution in [2.45, 2.75) is 26.0 Å². The summed E-state index contributed by atoms with van der Waals surface area (Å²) in [4.78, 5) is 2.27. The van der Waals surface area contributed by atoms with Crippen LogP contribution in [0.5, 0.6) is 11.5 Å². The van der Waals surface area contributed by atoms with Crippen molar-refractivity contribution in [3.63, 3.8) is 0 Å². The number of nitrogens with zero attached hydrogens (tertiary/aromatic N) is 1. The summed E-state index contributed by atoms with van der Waals surface area (Å²) < 4.78 is 10.6. The highest BCUT2D eigenvalue weighted by Gasteiger charge is 2.24. The number of hydrogen-bond acceptors (Lipinski definition) is 4. The van der Waals surface area contributed by atoms with Gasteiger partial charge in [-0.15, -0.1) is 0 Å². The Morgan fingerprint density at radius 2 is 2.11 bits per heavy atom. The fraction of sp³-hybridized carbons (Fsp3) is 0.600. The molecule has 1 heterocycles. The van der Waals surface area contributed by atoms with Gasteiger partial charge < -0.3 is 14.6 Å². The van der Waals surface area contributed by atoms with E-state index in [4.69, 9.17) is 9.47 Å². The van der Waals surface area contributed by atoms with Crippen molar-refractivity contribution >= 4 is 0 Å². The minimum Gasteiger partial charge on any atom is -0.497 e. The van der Waals surface area contributed by atoms with Gasteiger partial charge in [-0.2, -0.15) is 0 Å². The number of likely N-dealkylation sites (tertiary alicyclic amines) is 1. The molecule has 0 bridgehead atoms. The van der Waals surface area contributed by atoms with Crippen LogP contribution >= 0.6 is 0 Å². The van der Waals surface area contributed by atoms with E-state index >= 15 is 0 Å². The Kier molecular flexibility index (Phi) is 4.66. The molecule has 1 aromatic rings. The van der Waals surface area contributed by atoms with Gasteiger partial charge in [-0.1, -0.05) is 6.92 Å². The molecular weight excluding hydrogens is 242 g/mol. The second-order valence-corrected chi connectivity index (χ2v) is 5.25. The second-order valence-electron chi connectivity index (χ2n) is 5.25. The first-order chi connectivity index (χ1) is 9.13. The van der Waals surface area contributed by atoms with Gasteiger partial charge in [-0.25, -0.2) is 0 Å². The molecule has 0 spiro atoms. The number of β-amino-alcohol motifs (C(OH)–C–C–N with tert-alkyl or cyclic N) is 1. The fourth-order valence-corrected chi connectivity index (χ4v) is 2.50. The highest BCUT2D eigenvalue weighted by molar-refractivity contribution is 5.40. The quantitative estimate of drug-likeness (QED) is 0.903. The highest BCUT2D eigenvalue weighted by Crippen LogP contribution is 2.27. The molecule has 2 atom stereocenters. The minimum absolute atomic E-state index is 0.231. The van der Waals surface area contributed by atoms with E-state index in [0.29, 0.717) is 5.92 Å². The predicted octanol–water partition coefficient (Wildman–Crippen LogP) is 1.91. The minimum atomic E-state index is -0.231. The molecule has 1 aliphatic heterocycles. The van der Waals surface area contributed by atoms with Crippen LogP contribution in [-0.4, -0.2) is 43.4 Å². The van der Waals surface area contributed by atoms with Crippen molar-refractivity contribution < 1.29 is 14.6 Å². The maximum atomic E-state index is 9.96. The van der Waals surface area contributed by atoms with E-state index in [2.05, 4.69) is 11.8 Å². The first-order valence-electron chi connectivity index (χ1n) is 6.75. The molecule has 1 aliphatic rings. The van der Waals surface area contributed by atoms with Crippen LogP contribution in [0.1, 0.15) is 18.9 Å². The Balaban J connectivity index is 2.09. The molecule has 1 fully saturated rings. The summed E-state index contributed by atoms with van der Waals surface area (Å²) in [7, 11) is 3.34. The van der Waals surface area contributed by atoms with E-state index in [-0.39, 0.29) is 6.10 Å². The molecule has 1 N–H and O–H groups in total. The summed E-state index contributed by atoms with van der Waals surface area (Å²) in [5, 5.41) is 9.96. The van der Waals surface area contributed by atoms with Crippen LogP contribution in [-0.2, 0) is 6.54 Å². The van der Waals surface area contributed by atoms with E-state index in [1.165, 1.54) is 0 Å². The van der Waals surface area contributed by atoms with Crippen LogP contribution in [0.15, 0.2) is 18.2 Å². The molecule has 2 unspecified atom stereocenters. The zero-order valence-electron chi connectivity index (χ0n) is 11.9. The van der Waals surface area contributed by atoms with Crippen LogP contribution in [0.25, 0.3) is 0 Å². The molecule has 1 aromatic carbocycles. The molecule has 0 saturated carbocycles. The van der Waals surface area contributed by atoms with Gasteiger partial charge in [0, 0.05) is 18.7 Å². The molecule has 0 radical (unpaired) electrons. The van der Waals surface area contributed by atoms with Crippen molar-refractivity contribution in [2.24, 2.45) is 5.92 Å². The summed E-state index contributed by atoms with van der Waals surface area (Å²) >= 11 is 0. The normalized spacial score (nSPS) is 24.2. The van der Waals surface area contributed by atoms with Gasteiger partial charge in [-0.05, 0) is 37.1 Å². The molecule has 106 valence electrons. The lowest BCUT2D eigenvalue weighted by Gasteiger charge is -2.34. The average molecular weight is 265 g/mol. The monoisotopic (exact) mass is 265 g/mol. The molecule has 0 aromatic heterocycles. The smallest absolute Gasteiger partial charge is 0.123 e. The number of rotatable bonds is 4. The van der Waals surface area contributed by atoms with Crippen LogP contribution in [0.2, 0.25) is 0 Å². The Morgan fingerprint density at radius 1 is 1.32 bits per heavy atom. The number of aliphatic hydroxyl groups is 1. The molecule has 4 heteroatoms. The van der Waals surface area contributed by atoms with Gasteiger partial charge in [0.2, 0.25) is 0 Å². The Morgan fingerprint density at radius 3 is 2.74 bits per heavy atom. The molecule has 0 amide bonds. The molecule has 1 saturated heterocycles. The first kappa shape index (κ1) is 14.2. The van der Waals surface area contributed by atoms with Gasteiger partial charge in [0.1, 0.15) is 11.5 Å². The zero-order valence-corrected chi connectivity index (χ0v) is 11.9. The van der Waals surface area contributed by atoms with Gasteiger partial charge in [-0.3, -0.25) is 4.90 Å². The van der Waals surface area contributed by atoms with Crippen LogP contribution in [0, 0.1) is 5.92 Å². The van der Waals surface area contributed by atoms with Crippen molar-refractivity contribution in [1.82, 2.24) is 4.90 Å². The Bertz CT molecular complexity index is 422. The number of methoxy groups -OCH3 is 2. The molecule has 0 aliphatic carbocycles. The third kappa shape index (κ3) is 3.39. The highest BCUT2D eigenvalue weighted by atomic mass is 16.5. The summed E-state index contributed by atoms with van der Waals surface area (Å²) in [6.45, 7) is 4.62. The summed E-state index contributed by atoms with van der Waals surface area (Å²) in [6, 6.07) is 5.83. The van der Waals surface area contributed by atoms with Gasteiger partial charge in [0.15, 0.2) is 0 Å². The number of ether oxygens (including phenoxy) is 2. The van der Waals surface area contributed by atoms with Gasteiger partial charge in [0.25, 0.3) is 0 Å². The maximum absolute atomic E-state index is 9.96. The van der Waals surface area contributed by atoms with Crippen molar-refractivity contribution in [1.29, 1.82) is 0 Å². The summed E-state index contributed by atoms with van der Waals surface area (Å²) in [6.07, 6.45) is 0.804. The Labute approximate surface area is 114 Å². The number of aliphatic hydroxyl groups excluding tert-OH is 1. The SMILES string of the molecule is COc1ccc(OC)c(CN2CCC(C)C(O)C2)c1. The standard InChI is InChI=1S/C15H23NO3/c1-11-6-7-16(10-14(11)17)9-12-8-13(18-2)4-5-15(12)19-3/h4-5,8,11,14,17H,6-7,9-10H2,1-3H3. The third-order valence-corrected chi connectivity index (χ3v) is 3.88. The van der Waals surface area contributed by atoms with E-state index < -0.39 is 0 Å². The Hall–Kier alpha value is -1.26. The largest absolute Gasteiger partial charge is 0.497 e. The van der Waals surface area contributed by atoms with E-state index in [0.717, 1.165) is 43.1 Å². The summed E-state index contributed by atoms with van der Waals surface area (Å²) in [5.41, 5.74) is 1.10. The summed E-state index contributed by atoms with van der Waals surface area (Å²) in [5.74, 6) is 2.10. The lowest BCUT2D eigenvalue weighted by molar-refractivity contribution is 0.0256. The predicted molar refractivity (Wildman–Crippen MR) is 74.6 cm³/mol. The first-order valence-corrected chi connectivity index (χ1v) is 6.75. The van der Waals surface area contributed by atoms with Crippen LogP contribution in [0.4, 0.5) is 0 Å². The van der Waals surface area contributed by atoms with Crippen molar-refractivity contribution in [3.8, 4) is 11.5 Å². The number of piperidine rings is 1. The van der Waals surface area contributed by atoms with Crippen molar-refractivity contribution in [3.05, 3.63) is 23.8 Å². The fourth-order valence-electron chi connectivity index (χ4n) is 2.50. The van der Waals surface area contributed by atoms with Gasteiger partial charge >= 0.3 is 0 Å².